The molecule has 0 aromatic carbocycles. The maximum atomic E-state index is 12.0. The van der Waals surface area contributed by atoms with Crippen molar-refractivity contribution in [2.45, 2.75) is 12.9 Å². The van der Waals surface area contributed by atoms with Crippen molar-refractivity contribution in [2.75, 3.05) is 0 Å². The third-order valence-electron chi connectivity index (χ3n) is 1.58. The van der Waals surface area contributed by atoms with Gasteiger partial charge in [-0.2, -0.15) is 0 Å². The summed E-state index contributed by atoms with van der Waals surface area (Å²) in [5.74, 6) is -0.581. The average molecular weight is 346 g/mol. The summed E-state index contributed by atoms with van der Waals surface area (Å²) in [6.07, 6.45) is -4.59. The van der Waals surface area contributed by atoms with E-state index in [-0.39, 0.29) is 27.8 Å². The fraction of sp³-hybridized carbons (Fsp3) is 0.250. The maximum absolute atomic E-state index is 12.0. The van der Waals surface area contributed by atoms with Gasteiger partial charge in [-0.25, -0.2) is 4.98 Å². The van der Waals surface area contributed by atoms with Gasteiger partial charge in [0.15, 0.2) is 6.29 Å². The van der Waals surface area contributed by atoms with Gasteiger partial charge in [-0.15, -0.1) is 13.2 Å². The summed E-state index contributed by atoms with van der Waals surface area (Å²) in [6.45, 7) is -0.0383. The van der Waals surface area contributed by atoms with Gasteiger partial charge >= 0.3 is 6.36 Å². The van der Waals surface area contributed by atoms with Crippen LogP contribution in [-0.2, 0) is 6.54 Å². The normalized spacial score (nSPS) is 11.3. The SMILES string of the molecule is NCc1cc(OC(F)(F)F)c(C=O)c(I)n1. The second-order valence-electron chi connectivity index (χ2n) is 2.69. The Morgan fingerprint density at radius 3 is 2.62 bits per heavy atom. The molecule has 0 saturated carbocycles. The highest BCUT2D eigenvalue weighted by atomic mass is 127. The molecule has 0 spiro atoms. The third-order valence-corrected chi connectivity index (χ3v) is 2.40. The molecular formula is C8H6F3IN2O2. The first-order chi connectivity index (χ1) is 7.37. The van der Waals surface area contributed by atoms with Gasteiger partial charge in [0.2, 0.25) is 0 Å². The van der Waals surface area contributed by atoms with Crippen LogP contribution in [0.25, 0.3) is 0 Å². The molecule has 0 amide bonds. The van der Waals surface area contributed by atoms with E-state index < -0.39 is 12.1 Å². The Morgan fingerprint density at radius 1 is 1.56 bits per heavy atom. The van der Waals surface area contributed by atoms with Gasteiger partial charge in [0.05, 0.1) is 11.3 Å². The topological polar surface area (TPSA) is 65.2 Å². The number of rotatable bonds is 3. The van der Waals surface area contributed by atoms with Crippen molar-refractivity contribution < 1.29 is 22.7 Å². The highest BCUT2D eigenvalue weighted by molar-refractivity contribution is 14.1. The maximum Gasteiger partial charge on any atom is 0.573 e. The second-order valence-corrected chi connectivity index (χ2v) is 3.71. The van der Waals surface area contributed by atoms with E-state index in [9.17, 15) is 18.0 Å². The smallest absolute Gasteiger partial charge is 0.405 e. The predicted octanol–water partition coefficient (Wildman–Crippen LogP) is 1.86. The molecule has 0 saturated heterocycles. The molecule has 0 radical (unpaired) electrons. The van der Waals surface area contributed by atoms with Crippen molar-refractivity contribution in [1.82, 2.24) is 4.98 Å². The van der Waals surface area contributed by atoms with Crippen LogP contribution in [0.1, 0.15) is 16.1 Å². The van der Waals surface area contributed by atoms with E-state index in [0.29, 0.717) is 0 Å². The zero-order valence-corrected chi connectivity index (χ0v) is 9.87. The van der Waals surface area contributed by atoms with Crippen LogP contribution >= 0.6 is 22.6 Å². The number of halogens is 4. The van der Waals surface area contributed by atoms with Gasteiger partial charge < -0.3 is 10.5 Å². The molecular weight excluding hydrogens is 340 g/mol. The van der Waals surface area contributed by atoms with Gasteiger partial charge in [0, 0.05) is 12.6 Å². The monoisotopic (exact) mass is 346 g/mol. The van der Waals surface area contributed by atoms with E-state index in [0.717, 1.165) is 6.07 Å². The Balaban J connectivity index is 3.23. The number of aromatic nitrogens is 1. The van der Waals surface area contributed by atoms with Gasteiger partial charge in [0.1, 0.15) is 9.45 Å². The Labute approximate surface area is 102 Å². The predicted molar refractivity (Wildman–Crippen MR) is 56.9 cm³/mol. The highest BCUT2D eigenvalue weighted by Gasteiger charge is 2.32. The molecule has 8 heteroatoms. The van der Waals surface area contributed by atoms with Crippen molar-refractivity contribution in [3.8, 4) is 5.75 Å². The third kappa shape index (κ3) is 3.30. The molecule has 0 aliphatic heterocycles. The Kier molecular flexibility index (Phi) is 4.08. The molecule has 1 aromatic heterocycles. The van der Waals surface area contributed by atoms with Crippen LogP contribution in [0.15, 0.2) is 6.07 Å². The first-order valence-electron chi connectivity index (χ1n) is 3.97. The van der Waals surface area contributed by atoms with Crippen molar-refractivity contribution in [3.05, 3.63) is 21.0 Å². The van der Waals surface area contributed by atoms with E-state index in [1.807, 2.05) is 0 Å². The van der Waals surface area contributed by atoms with Crippen LogP contribution in [0, 0.1) is 3.70 Å². The standard InChI is InChI=1S/C8H6F3IN2O2/c9-8(10,11)16-6-1-4(2-13)14-7(12)5(6)3-15/h1,3H,2,13H2. The van der Waals surface area contributed by atoms with Crippen LogP contribution in [0.5, 0.6) is 5.75 Å². The van der Waals surface area contributed by atoms with Crippen LogP contribution in [-0.4, -0.2) is 17.6 Å². The van der Waals surface area contributed by atoms with Crippen molar-refractivity contribution in [1.29, 1.82) is 0 Å². The first kappa shape index (κ1) is 13.2. The lowest BCUT2D eigenvalue weighted by molar-refractivity contribution is -0.274. The first-order valence-corrected chi connectivity index (χ1v) is 5.05. The fourth-order valence-electron chi connectivity index (χ4n) is 0.970. The molecule has 0 bridgehead atoms. The lowest BCUT2D eigenvalue weighted by atomic mass is 10.2. The van der Waals surface area contributed by atoms with Crippen LogP contribution in [0.2, 0.25) is 0 Å². The summed E-state index contributed by atoms with van der Waals surface area (Å²) in [4.78, 5) is 14.4. The van der Waals surface area contributed by atoms with E-state index in [1.54, 1.807) is 22.6 Å². The lowest BCUT2D eigenvalue weighted by Gasteiger charge is -2.12. The van der Waals surface area contributed by atoms with E-state index in [2.05, 4.69) is 9.72 Å². The molecule has 0 atom stereocenters. The van der Waals surface area contributed by atoms with Gasteiger partial charge in [0.25, 0.3) is 0 Å². The fourth-order valence-corrected chi connectivity index (χ4v) is 1.67. The lowest BCUT2D eigenvalue weighted by Crippen LogP contribution is -2.19. The molecule has 0 fully saturated rings. The molecule has 16 heavy (non-hydrogen) atoms. The Bertz CT molecular complexity index is 409. The van der Waals surface area contributed by atoms with Gasteiger partial charge in [-0.05, 0) is 22.6 Å². The zero-order valence-electron chi connectivity index (χ0n) is 7.71. The average Bonchev–Trinajstić information content (AvgIpc) is 2.14. The van der Waals surface area contributed by atoms with Crippen LogP contribution < -0.4 is 10.5 Å². The largest absolute Gasteiger partial charge is 0.573 e. The summed E-state index contributed by atoms with van der Waals surface area (Å²) in [5.41, 5.74) is 5.23. The molecule has 1 heterocycles. The van der Waals surface area contributed by atoms with Gasteiger partial charge in [-0.1, -0.05) is 0 Å². The summed E-state index contributed by atoms with van der Waals surface area (Å²) < 4.78 is 39.9. The summed E-state index contributed by atoms with van der Waals surface area (Å²) in [6, 6.07) is 0.999. The van der Waals surface area contributed by atoms with E-state index >= 15 is 0 Å². The number of hydrogen-bond donors (Lipinski definition) is 1. The minimum atomic E-state index is -4.85. The number of nitrogens with two attached hydrogens (primary N) is 1. The minimum absolute atomic E-state index is 0.0383. The van der Waals surface area contributed by atoms with Crippen molar-refractivity contribution in [3.63, 3.8) is 0 Å². The molecule has 1 rings (SSSR count). The zero-order chi connectivity index (χ0) is 12.3. The number of ether oxygens (including phenoxy) is 1. The highest BCUT2D eigenvalue weighted by Crippen LogP contribution is 2.28. The van der Waals surface area contributed by atoms with Gasteiger partial charge in [-0.3, -0.25) is 4.79 Å². The molecule has 2 N–H and O–H groups in total. The number of pyridine rings is 1. The number of carbonyl (C=O) groups is 1. The molecule has 1 aromatic rings. The molecule has 88 valence electrons. The number of carbonyl (C=O) groups excluding carboxylic acids is 1. The van der Waals surface area contributed by atoms with Crippen molar-refractivity contribution in [2.24, 2.45) is 5.73 Å². The summed E-state index contributed by atoms with van der Waals surface area (Å²) in [5, 5.41) is 0. The number of alkyl halides is 3. The van der Waals surface area contributed by atoms with E-state index in [1.165, 1.54) is 0 Å². The summed E-state index contributed by atoms with van der Waals surface area (Å²) >= 11 is 1.64. The molecule has 0 unspecified atom stereocenters. The quantitative estimate of drug-likeness (QED) is 0.516. The minimum Gasteiger partial charge on any atom is -0.405 e. The van der Waals surface area contributed by atoms with Crippen LogP contribution in [0.4, 0.5) is 13.2 Å². The summed E-state index contributed by atoms with van der Waals surface area (Å²) in [7, 11) is 0. The Hall–Kier alpha value is -0.900. The Morgan fingerprint density at radius 2 is 2.19 bits per heavy atom. The van der Waals surface area contributed by atoms with Crippen molar-refractivity contribution >= 4 is 28.9 Å². The van der Waals surface area contributed by atoms with Crippen LogP contribution in [0.3, 0.4) is 0 Å². The van der Waals surface area contributed by atoms with E-state index in [4.69, 9.17) is 5.73 Å². The number of hydrogen-bond acceptors (Lipinski definition) is 4. The second kappa shape index (κ2) is 4.95. The molecule has 0 aliphatic rings. The number of aldehydes is 1. The number of nitrogens with zero attached hydrogens (tertiary/aromatic N) is 1. The molecule has 0 aliphatic carbocycles. The molecule has 4 nitrogen and oxygen atoms in total.